The first-order valence-electron chi connectivity index (χ1n) is 10.8. The Bertz CT molecular complexity index is 1370. The third kappa shape index (κ3) is 6.85. The molecule has 192 valence electrons. The van der Waals surface area contributed by atoms with Crippen molar-refractivity contribution < 1.29 is 28.5 Å². The van der Waals surface area contributed by atoms with Gasteiger partial charge in [0.1, 0.15) is 6.61 Å². The maximum absolute atomic E-state index is 12.3. The molecule has 2 N–H and O–H groups in total. The van der Waals surface area contributed by atoms with E-state index in [1.807, 2.05) is 0 Å². The number of hydrazone groups is 1. The van der Waals surface area contributed by atoms with E-state index in [-0.39, 0.29) is 19.9 Å². The average Bonchev–Trinajstić information content (AvgIpc) is 3.35. The lowest BCUT2D eigenvalue weighted by atomic mass is 10.2. The molecular weight excluding hydrogens is 589 g/mol. The lowest BCUT2D eigenvalue weighted by Crippen LogP contribution is -2.34. The fourth-order valence-corrected chi connectivity index (χ4v) is 4.30. The van der Waals surface area contributed by atoms with Crippen molar-refractivity contribution in [2.75, 3.05) is 20.4 Å². The van der Waals surface area contributed by atoms with Gasteiger partial charge in [-0.05, 0) is 64.0 Å². The molecule has 0 radical (unpaired) electrons. The van der Waals surface area contributed by atoms with E-state index >= 15 is 0 Å². The predicted octanol–water partition coefficient (Wildman–Crippen LogP) is 4.95. The molecule has 3 aromatic rings. The lowest BCUT2D eigenvalue weighted by Gasteiger charge is -2.14. The van der Waals surface area contributed by atoms with Crippen molar-refractivity contribution in [2.45, 2.75) is 6.61 Å². The monoisotopic (exact) mass is 607 g/mol. The summed E-state index contributed by atoms with van der Waals surface area (Å²) in [5.74, 6) is 1.04. The molecule has 0 saturated heterocycles. The van der Waals surface area contributed by atoms with Crippen LogP contribution in [0.3, 0.4) is 0 Å². The SMILES string of the molecule is COc1cc(C=NNC(=O)CNC(=O)c2ccc3c(c2)OCO3)cc(Br)c1OCc1ccc(Cl)cc1Cl. The van der Waals surface area contributed by atoms with Gasteiger partial charge in [0, 0.05) is 21.2 Å². The van der Waals surface area contributed by atoms with Crippen LogP contribution in [0.25, 0.3) is 0 Å². The normalized spacial score (nSPS) is 11.9. The molecule has 0 unspecified atom stereocenters. The number of nitrogens with zero attached hydrogens (tertiary/aromatic N) is 1. The number of halogens is 3. The Morgan fingerprint density at radius 2 is 1.92 bits per heavy atom. The number of rotatable bonds is 9. The molecule has 3 aromatic carbocycles. The molecule has 1 heterocycles. The van der Waals surface area contributed by atoms with E-state index in [1.165, 1.54) is 13.3 Å². The fourth-order valence-electron chi connectivity index (χ4n) is 3.26. The smallest absolute Gasteiger partial charge is 0.259 e. The third-order valence-corrected chi connectivity index (χ3v) is 6.26. The van der Waals surface area contributed by atoms with Crippen LogP contribution in [0.5, 0.6) is 23.0 Å². The highest BCUT2D eigenvalue weighted by atomic mass is 79.9. The van der Waals surface area contributed by atoms with Gasteiger partial charge in [-0.25, -0.2) is 5.43 Å². The Balaban J connectivity index is 1.31. The molecule has 0 aromatic heterocycles. The molecular formula is C25H20BrCl2N3O6. The zero-order valence-corrected chi connectivity index (χ0v) is 22.4. The zero-order valence-electron chi connectivity index (χ0n) is 19.3. The number of hydrogen-bond donors (Lipinski definition) is 2. The number of ether oxygens (including phenoxy) is 4. The molecule has 0 spiro atoms. The van der Waals surface area contributed by atoms with E-state index in [2.05, 4.69) is 31.8 Å². The predicted molar refractivity (Wildman–Crippen MR) is 142 cm³/mol. The first-order valence-corrected chi connectivity index (χ1v) is 12.3. The van der Waals surface area contributed by atoms with Crippen LogP contribution in [-0.4, -0.2) is 38.5 Å². The van der Waals surface area contributed by atoms with Gasteiger partial charge in [-0.15, -0.1) is 0 Å². The summed E-state index contributed by atoms with van der Waals surface area (Å²) in [4.78, 5) is 24.4. The highest BCUT2D eigenvalue weighted by molar-refractivity contribution is 9.10. The first kappa shape index (κ1) is 26.6. The number of fused-ring (bicyclic) bond motifs is 1. The summed E-state index contributed by atoms with van der Waals surface area (Å²) in [5, 5.41) is 7.50. The van der Waals surface area contributed by atoms with Gasteiger partial charge >= 0.3 is 0 Å². The van der Waals surface area contributed by atoms with E-state index in [1.54, 1.807) is 48.5 Å². The van der Waals surface area contributed by atoms with Gasteiger partial charge in [0.2, 0.25) is 6.79 Å². The summed E-state index contributed by atoms with van der Waals surface area (Å²) in [6.45, 7) is 0.0430. The van der Waals surface area contributed by atoms with E-state index in [0.29, 0.717) is 48.6 Å². The zero-order chi connectivity index (χ0) is 26.4. The Labute approximate surface area is 230 Å². The third-order valence-electron chi connectivity index (χ3n) is 5.09. The van der Waals surface area contributed by atoms with Crippen molar-refractivity contribution in [3.8, 4) is 23.0 Å². The second-order valence-corrected chi connectivity index (χ2v) is 9.30. The van der Waals surface area contributed by atoms with Crippen molar-refractivity contribution in [1.82, 2.24) is 10.7 Å². The summed E-state index contributed by atoms with van der Waals surface area (Å²) in [7, 11) is 1.51. The molecule has 9 nitrogen and oxygen atoms in total. The molecule has 1 aliphatic rings. The quantitative estimate of drug-likeness (QED) is 0.263. The van der Waals surface area contributed by atoms with E-state index in [4.69, 9.17) is 42.1 Å². The second kappa shape index (κ2) is 12.2. The van der Waals surface area contributed by atoms with Gasteiger partial charge < -0.3 is 24.3 Å². The molecule has 37 heavy (non-hydrogen) atoms. The Morgan fingerprint density at radius 1 is 1.11 bits per heavy atom. The van der Waals surface area contributed by atoms with Crippen molar-refractivity contribution in [2.24, 2.45) is 5.10 Å². The van der Waals surface area contributed by atoms with Gasteiger partial charge in [-0.3, -0.25) is 9.59 Å². The first-order chi connectivity index (χ1) is 17.8. The average molecular weight is 609 g/mol. The number of nitrogens with one attached hydrogen (secondary N) is 2. The van der Waals surface area contributed by atoms with Crippen LogP contribution >= 0.6 is 39.1 Å². The van der Waals surface area contributed by atoms with E-state index < -0.39 is 11.8 Å². The number of methoxy groups -OCH3 is 1. The molecule has 0 saturated carbocycles. The molecule has 12 heteroatoms. The summed E-state index contributed by atoms with van der Waals surface area (Å²) in [6.07, 6.45) is 1.44. The van der Waals surface area contributed by atoms with Crippen LogP contribution in [-0.2, 0) is 11.4 Å². The highest BCUT2D eigenvalue weighted by Gasteiger charge is 2.17. The Morgan fingerprint density at radius 3 is 2.70 bits per heavy atom. The molecule has 0 atom stereocenters. The Kier molecular flexibility index (Phi) is 8.75. The van der Waals surface area contributed by atoms with Crippen molar-refractivity contribution in [1.29, 1.82) is 0 Å². The van der Waals surface area contributed by atoms with Crippen LogP contribution in [0.2, 0.25) is 10.0 Å². The topological polar surface area (TPSA) is 107 Å². The molecule has 1 aliphatic heterocycles. The van der Waals surface area contributed by atoms with Crippen LogP contribution in [0.1, 0.15) is 21.5 Å². The van der Waals surface area contributed by atoms with Crippen molar-refractivity contribution >= 4 is 57.2 Å². The fraction of sp³-hybridized carbons (Fsp3) is 0.160. The van der Waals surface area contributed by atoms with Crippen LogP contribution in [0, 0.1) is 0 Å². The molecule has 0 fully saturated rings. The summed E-state index contributed by atoms with van der Waals surface area (Å²) in [5.41, 5.74) is 4.11. The number of amides is 2. The number of carbonyl (C=O) groups excluding carboxylic acids is 2. The van der Waals surface area contributed by atoms with Crippen LogP contribution in [0.15, 0.2) is 58.1 Å². The van der Waals surface area contributed by atoms with Gasteiger partial charge in [-0.2, -0.15) is 5.10 Å². The van der Waals surface area contributed by atoms with E-state index in [0.717, 1.165) is 5.56 Å². The molecule has 0 aliphatic carbocycles. The standard InChI is InChI=1S/C25H20BrCl2N3O6/c1-34-22-7-14(6-18(26)24(22)35-12-16-2-4-17(27)9-19(16)28)10-30-31-23(32)11-29-25(33)15-3-5-20-21(8-15)37-13-36-20/h2-10H,11-13H2,1H3,(H,29,33)(H,31,32). The molecule has 2 amide bonds. The van der Waals surface area contributed by atoms with Gasteiger partial charge in [0.25, 0.3) is 11.8 Å². The maximum Gasteiger partial charge on any atom is 0.259 e. The minimum Gasteiger partial charge on any atom is -0.493 e. The summed E-state index contributed by atoms with van der Waals surface area (Å²) in [6, 6.07) is 13.4. The largest absolute Gasteiger partial charge is 0.493 e. The van der Waals surface area contributed by atoms with Crippen LogP contribution in [0.4, 0.5) is 0 Å². The molecule has 4 rings (SSSR count). The van der Waals surface area contributed by atoms with Crippen molar-refractivity contribution in [3.05, 3.63) is 79.7 Å². The van der Waals surface area contributed by atoms with E-state index in [9.17, 15) is 9.59 Å². The van der Waals surface area contributed by atoms with Gasteiger partial charge in [0.05, 0.1) is 24.3 Å². The minimum absolute atomic E-state index is 0.108. The number of carbonyl (C=O) groups is 2. The summed E-state index contributed by atoms with van der Waals surface area (Å²) >= 11 is 15.6. The molecule has 0 bridgehead atoms. The Hall–Kier alpha value is -3.47. The van der Waals surface area contributed by atoms with Crippen molar-refractivity contribution in [3.63, 3.8) is 0 Å². The van der Waals surface area contributed by atoms with Gasteiger partial charge in [0.15, 0.2) is 23.0 Å². The lowest BCUT2D eigenvalue weighted by molar-refractivity contribution is -0.120. The summed E-state index contributed by atoms with van der Waals surface area (Å²) < 4.78 is 22.4. The number of benzene rings is 3. The van der Waals surface area contributed by atoms with Gasteiger partial charge in [-0.1, -0.05) is 29.3 Å². The highest BCUT2D eigenvalue weighted by Crippen LogP contribution is 2.37. The van der Waals surface area contributed by atoms with Crippen LogP contribution < -0.4 is 29.7 Å². The second-order valence-electron chi connectivity index (χ2n) is 7.60. The number of hydrogen-bond acceptors (Lipinski definition) is 7. The minimum atomic E-state index is -0.504. The maximum atomic E-state index is 12.3.